The molecule has 0 radical (unpaired) electrons. The maximum absolute atomic E-state index is 10.9. The van der Waals surface area contributed by atoms with Crippen molar-refractivity contribution < 1.29 is 19.5 Å². The molecule has 1 rings (SSSR count). The smallest absolute Gasteiger partial charge is 0.196 e. The molecule has 0 saturated heterocycles. The summed E-state index contributed by atoms with van der Waals surface area (Å²) in [4.78, 5) is 15.0. The van der Waals surface area contributed by atoms with Gasteiger partial charge in [0.2, 0.25) is 0 Å². The molecule has 1 aliphatic rings. The number of quaternary nitrogens is 1. The zero-order valence-corrected chi connectivity index (χ0v) is 15.4. The molecule has 1 heterocycles. The van der Waals surface area contributed by atoms with Crippen LogP contribution in [0.1, 0.15) is 84.0 Å². The Morgan fingerprint density at radius 2 is 1.62 bits per heavy atom. The van der Waals surface area contributed by atoms with E-state index in [0.29, 0.717) is 19.5 Å². The van der Waals surface area contributed by atoms with Crippen LogP contribution in [0.5, 0.6) is 0 Å². The van der Waals surface area contributed by atoms with E-state index in [2.05, 4.69) is 11.9 Å². The summed E-state index contributed by atoms with van der Waals surface area (Å²) < 4.78 is 0.0418. The van der Waals surface area contributed by atoms with Crippen LogP contribution in [0.25, 0.3) is 0 Å². The van der Waals surface area contributed by atoms with Crippen LogP contribution < -0.4 is 5.11 Å². The third-order valence-electron chi connectivity index (χ3n) is 5.04. The summed E-state index contributed by atoms with van der Waals surface area (Å²) in [6, 6.07) is 0. The number of aliphatic imine (C=N–C) groups is 1. The van der Waals surface area contributed by atoms with Crippen molar-refractivity contribution in [3.05, 3.63) is 0 Å². The van der Waals surface area contributed by atoms with Gasteiger partial charge in [0.05, 0.1) is 12.5 Å². The summed E-state index contributed by atoms with van der Waals surface area (Å²) in [5.41, 5.74) is 0. The molecule has 1 aliphatic heterocycles. The van der Waals surface area contributed by atoms with Gasteiger partial charge in [0, 0.05) is 6.42 Å². The van der Waals surface area contributed by atoms with Gasteiger partial charge < -0.3 is 15.0 Å². The molecule has 0 fully saturated rings. The van der Waals surface area contributed by atoms with Crippen LogP contribution in [0.2, 0.25) is 0 Å². The zero-order valence-electron chi connectivity index (χ0n) is 15.4. The highest BCUT2D eigenvalue weighted by molar-refractivity contribution is 5.67. The Balaban J connectivity index is 2.04. The first-order valence-electron chi connectivity index (χ1n) is 9.86. The van der Waals surface area contributed by atoms with Crippen LogP contribution in [-0.2, 0) is 4.79 Å². The van der Waals surface area contributed by atoms with Crippen LogP contribution in [0.3, 0.4) is 0 Å². The molecule has 0 amide bonds. The van der Waals surface area contributed by atoms with Gasteiger partial charge in [-0.05, 0) is 6.42 Å². The van der Waals surface area contributed by atoms with Crippen molar-refractivity contribution in [2.75, 3.05) is 19.6 Å². The van der Waals surface area contributed by atoms with E-state index in [0.717, 1.165) is 12.8 Å². The van der Waals surface area contributed by atoms with Gasteiger partial charge in [-0.1, -0.05) is 71.1 Å². The second-order valence-corrected chi connectivity index (χ2v) is 7.18. The van der Waals surface area contributed by atoms with Crippen molar-refractivity contribution in [3.8, 4) is 0 Å². The molecule has 2 atom stereocenters. The molecule has 5 heteroatoms. The van der Waals surface area contributed by atoms with Crippen LogP contribution >= 0.6 is 0 Å². The molecular formula is C19H36N2O3. The minimum absolute atomic E-state index is 0.0418. The van der Waals surface area contributed by atoms with Crippen molar-refractivity contribution in [2.24, 2.45) is 4.99 Å². The number of unbranched alkanes of at least 4 members (excludes halogenated alkanes) is 10. The highest BCUT2D eigenvalue weighted by Gasteiger charge is 2.36. The number of aliphatic hydroxyl groups is 1. The lowest BCUT2D eigenvalue weighted by Crippen LogP contribution is -2.58. The highest BCUT2D eigenvalue weighted by Crippen LogP contribution is 2.19. The summed E-state index contributed by atoms with van der Waals surface area (Å²) in [6.45, 7) is 3.22. The van der Waals surface area contributed by atoms with E-state index in [1.807, 2.05) is 0 Å². The number of carbonyl (C=O) groups is 1. The predicted octanol–water partition coefficient (Wildman–Crippen LogP) is 2.61. The molecule has 2 unspecified atom stereocenters. The van der Waals surface area contributed by atoms with Gasteiger partial charge in [-0.15, -0.1) is 0 Å². The zero-order chi connectivity index (χ0) is 17.7. The summed E-state index contributed by atoms with van der Waals surface area (Å²) in [7, 11) is 0. The van der Waals surface area contributed by atoms with Crippen LogP contribution in [-0.4, -0.2) is 47.8 Å². The highest BCUT2D eigenvalue weighted by atomic mass is 16.4. The van der Waals surface area contributed by atoms with E-state index >= 15 is 0 Å². The van der Waals surface area contributed by atoms with Crippen molar-refractivity contribution in [2.45, 2.75) is 90.2 Å². The number of hydrogen-bond donors (Lipinski definition) is 1. The Bertz CT molecular complexity index is 374. The van der Waals surface area contributed by atoms with Crippen LogP contribution in [0, 0.1) is 0 Å². The number of nitrogens with zero attached hydrogens (tertiary/aromatic N) is 2. The van der Waals surface area contributed by atoms with Gasteiger partial charge in [-0.2, -0.15) is 0 Å². The van der Waals surface area contributed by atoms with Gasteiger partial charge in [0.1, 0.15) is 13.1 Å². The summed E-state index contributed by atoms with van der Waals surface area (Å²) in [5, 5.41) is 21.3. The van der Waals surface area contributed by atoms with Gasteiger partial charge in [0.15, 0.2) is 12.6 Å². The van der Waals surface area contributed by atoms with E-state index in [1.54, 1.807) is 6.34 Å². The van der Waals surface area contributed by atoms with Gasteiger partial charge in [-0.3, -0.25) is 4.48 Å². The van der Waals surface area contributed by atoms with Crippen molar-refractivity contribution >= 4 is 12.3 Å². The molecule has 0 aromatic heterocycles. The largest absolute Gasteiger partial charge is 0.544 e. The second kappa shape index (κ2) is 12.4. The average molecular weight is 341 g/mol. The number of rotatable bonds is 15. The fraction of sp³-hybridized carbons (Fsp3) is 0.895. The minimum Gasteiger partial charge on any atom is -0.544 e. The number of aliphatic hydroxyl groups excluding tert-OH is 1. The molecular weight excluding hydrogens is 304 g/mol. The minimum atomic E-state index is -1.12. The van der Waals surface area contributed by atoms with Crippen LogP contribution in [0.4, 0.5) is 0 Å². The lowest BCUT2D eigenvalue weighted by Gasteiger charge is -2.35. The first kappa shape index (κ1) is 21.1. The van der Waals surface area contributed by atoms with E-state index in [4.69, 9.17) is 0 Å². The van der Waals surface area contributed by atoms with Crippen molar-refractivity contribution in [1.29, 1.82) is 0 Å². The van der Waals surface area contributed by atoms with Crippen molar-refractivity contribution in [3.63, 3.8) is 0 Å². The second-order valence-electron chi connectivity index (χ2n) is 7.18. The lowest BCUT2D eigenvalue weighted by molar-refractivity contribution is -0.874. The molecule has 140 valence electrons. The molecule has 0 aromatic carbocycles. The molecule has 0 saturated carbocycles. The van der Waals surface area contributed by atoms with E-state index < -0.39 is 12.2 Å². The number of hydrogen-bond acceptors (Lipinski definition) is 4. The number of carbonyl (C=O) groups excluding carboxylic acids is 1. The molecule has 0 aromatic rings. The van der Waals surface area contributed by atoms with E-state index in [-0.39, 0.29) is 11.0 Å². The number of aliphatic carboxylic acids is 1. The van der Waals surface area contributed by atoms with E-state index in [1.165, 1.54) is 57.8 Å². The average Bonchev–Trinajstić information content (AvgIpc) is 3.01. The Hall–Kier alpha value is -0.940. The van der Waals surface area contributed by atoms with Crippen LogP contribution in [0.15, 0.2) is 4.99 Å². The standard InChI is InChI=1S/C19H36N2O3/c1-2-3-4-5-6-7-8-9-10-11-12-13-18(22)21(16-19(23)24)15-14-20-17-21/h17-18,22H,2-16H2,1H3. The topological polar surface area (TPSA) is 72.7 Å². The number of carboxylic acid groups (broad SMARTS) is 1. The third-order valence-corrected chi connectivity index (χ3v) is 5.04. The summed E-state index contributed by atoms with van der Waals surface area (Å²) in [6.07, 6.45) is 15.5. The SMILES string of the molecule is CCCCCCCCCCCCCC(O)[N+]1(CC(=O)[O-])C=NCC1. The van der Waals surface area contributed by atoms with E-state index in [9.17, 15) is 15.0 Å². The quantitative estimate of drug-likeness (QED) is 0.368. The molecule has 0 aliphatic carbocycles. The Morgan fingerprint density at radius 3 is 2.08 bits per heavy atom. The fourth-order valence-corrected chi connectivity index (χ4v) is 3.46. The maximum Gasteiger partial charge on any atom is 0.196 e. The first-order chi connectivity index (χ1) is 11.6. The van der Waals surface area contributed by atoms with Gasteiger partial charge in [0.25, 0.3) is 0 Å². The fourth-order valence-electron chi connectivity index (χ4n) is 3.46. The van der Waals surface area contributed by atoms with Gasteiger partial charge >= 0.3 is 0 Å². The Morgan fingerprint density at radius 1 is 1.08 bits per heavy atom. The molecule has 5 nitrogen and oxygen atoms in total. The Labute approximate surface area is 147 Å². The number of carboxylic acids is 1. The molecule has 0 spiro atoms. The third kappa shape index (κ3) is 8.25. The molecule has 0 bridgehead atoms. The molecule has 24 heavy (non-hydrogen) atoms. The molecule has 1 N–H and O–H groups in total. The lowest BCUT2D eigenvalue weighted by atomic mass is 10.0. The predicted molar refractivity (Wildman–Crippen MR) is 95.4 cm³/mol. The Kier molecular flexibility index (Phi) is 10.9. The maximum atomic E-state index is 10.9. The normalized spacial score (nSPS) is 21.2. The summed E-state index contributed by atoms with van der Waals surface area (Å²) >= 11 is 0. The monoisotopic (exact) mass is 340 g/mol. The van der Waals surface area contributed by atoms with Crippen molar-refractivity contribution in [1.82, 2.24) is 0 Å². The summed E-state index contributed by atoms with van der Waals surface area (Å²) in [5.74, 6) is -1.12. The van der Waals surface area contributed by atoms with Gasteiger partial charge in [-0.25, -0.2) is 4.99 Å². The first-order valence-corrected chi connectivity index (χ1v) is 9.86.